The second-order valence-corrected chi connectivity index (χ2v) is 4.00. The number of carboxylic acids is 1. The Kier molecular flexibility index (Phi) is 5.01. The third-order valence-electron chi connectivity index (χ3n) is 2.49. The van der Waals surface area contributed by atoms with E-state index >= 15 is 0 Å². The zero-order valence-electron chi connectivity index (χ0n) is 8.98. The number of aliphatic hydroxyl groups excluding tert-OH is 1. The van der Waals surface area contributed by atoms with Crippen LogP contribution in [-0.4, -0.2) is 47.6 Å². The normalized spacial score (nSPS) is 27.9. The molecule has 0 saturated carbocycles. The maximum Gasteiger partial charge on any atom is 0.332 e. The molecule has 1 heterocycles. The molecule has 0 bridgehead atoms. The molecule has 0 aromatic rings. The maximum atomic E-state index is 10.6. The van der Waals surface area contributed by atoms with Crippen molar-refractivity contribution in [3.63, 3.8) is 0 Å². The summed E-state index contributed by atoms with van der Waals surface area (Å²) in [6.45, 7) is 3.14. The number of aliphatic carboxylic acids is 1. The maximum absolute atomic E-state index is 10.6. The van der Waals surface area contributed by atoms with Crippen molar-refractivity contribution in [2.24, 2.45) is 0 Å². The van der Waals surface area contributed by atoms with Gasteiger partial charge in [-0.15, -0.1) is 0 Å². The number of carboxylic acid groups (broad SMARTS) is 1. The Morgan fingerprint density at radius 3 is 2.87 bits per heavy atom. The molecular weight excluding hydrogens is 198 g/mol. The van der Waals surface area contributed by atoms with Crippen LogP contribution in [0.4, 0.5) is 0 Å². The van der Waals surface area contributed by atoms with Gasteiger partial charge in [-0.1, -0.05) is 0 Å². The highest BCUT2D eigenvalue weighted by Gasteiger charge is 2.29. The van der Waals surface area contributed by atoms with Crippen molar-refractivity contribution in [3.05, 3.63) is 0 Å². The molecule has 1 fully saturated rings. The summed E-state index contributed by atoms with van der Waals surface area (Å²) in [5.74, 6) is -0.874. The number of hydrogen-bond donors (Lipinski definition) is 3. The molecule has 3 atom stereocenters. The fraction of sp³-hybridized carbons (Fsp3) is 0.900. The van der Waals surface area contributed by atoms with Crippen LogP contribution in [-0.2, 0) is 9.53 Å². The van der Waals surface area contributed by atoms with E-state index < -0.39 is 12.1 Å². The van der Waals surface area contributed by atoms with E-state index in [9.17, 15) is 4.79 Å². The molecule has 3 N–H and O–H groups in total. The number of hydrogen-bond acceptors (Lipinski definition) is 4. The average Bonchev–Trinajstić information content (AvgIpc) is 2.60. The van der Waals surface area contributed by atoms with Crippen LogP contribution in [0.2, 0.25) is 0 Å². The monoisotopic (exact) mass is 217 g/mol. The fourth-order valence-corrected chi connectivity index (χ4v) is 1.61. The van der Waals surface area contributed by atoms with Crippen molar-refractivity contribution >= 4 is 5.97 Å². The SMILES string of the molecule is CC(O)CCNCC1CCC(C(=O)O)O1. The molecule has 0 spiro atoms. The van der Waals surface area contributed by atoms with Crippen LogP contribution < -0.4 is 5.32 Å². The third kappa shape index (κ3) is 4.59. The Labute approximate surface area is 89.4 Å². The van der Waals surface area contributed by atoms with Gasteiger partial charge < -0.3 is 20.3 Å². The van der Waals surface area contributed by atoms with Crippen molar-refractivity contribution in [2.45, 2.75) is 44.5 Å². The van der Waals surface area contributed by atoms with Crippen molar-refractivity contribution in [2.75, 3.05) is 13.1 Å². The summed E-state index contributed by atoms with van der Waals surface area (Å²) in [4.78, 5) is 10.6. The van der Waals surface area contributed by atoms with Crippen LogP contribution in [0.25, 0.3) is 0 Å². The van der Waals surface area contributed by atoms with Crippen LogP contribution in [0.3, 0.4) is 0 Å². The number of carbonyl (C=O) groups is 1. The van der Waals surface area contributed by atoms with Crippen molar-refractivity contribution < 1.29 is 19.7 Å². The van der Waals surface area contributed by atoms with E-state index in [1.165, 1.54) is 0 Å². The molecule has 0 radical (unpaired) electrons. The molecule has 3 unspecified atom stereocenters. The standard InChI is InChI=1S/C10H19NO4/c1-7(12)4-5-11-6-8-2-3-9(15-8)10(13)14/h7-9,11-12H,2-6H2,1H3,(H,13,14). The Morgan fingerprint density at radius 2 is 2.33 bits per heavy atom. The summed E-state index contributed by atoms with van der Waals surface area (Å²) in [7, 11) is 0. The summed E-state index contributed by atoms with van der Waals surface area (Å²) in [5.41, 5.74) is 0. The summed E-state index contributed by atoms with van der Waals surface area (Å²) < 4.78 is 5.31. The quantitative estimate of drug-likeness (QED) is 0.545. The Balaban J connectivity index is 2.06. The molecule has 0 aliphatic carbocycles. The fourth-order valence-electron chi connectivity index (χ4n) is 1.61. The number of ether oxygens (including phenoxy) is 1. The summed E-state index contributed by atoms with van der Waals surface area (Å²) in [5, 5.41) is 20.8. The number of rotatable bonds is 6. The summed E-state index contributed by atoms with van der Waals surface area (Å²) in [6.07, 6.45) is 1.16. The zero-order chi connectivity index (χ0) is 11.3. The summed E-state index contributed by atoms with van der Waals surface area (Å²) in [6, 6.07) is 0. The van der Waals surface area contributed by atoms with Crippen LogP contribution >= 0.6 is 0 Å². The van der Waals surface area contributed by atoms with E-state index in [0.717, 1.165) is 13.0 Å². The van der Waals surface area contributed by atoms with Crippen LogP contribution in [0.15, 0.2) is 0 Å². The van der Waals surface area contributed by atoms with Crippen molar-refractivity contribution in [1.82, 2.24) is 5.32 Å². The lowest BCUT2D eigenvalue weighted by molar-refractivity contribution is -0.149. The first-order chi connectivity index (χ1) is 7.09. The Hall–Kier alpha value is -0.650. The lowest BCUT2D eigenvalue weighted by Crippen LogP contribution is -2.30. The molecular formula is C10H19NO4. The molecule has 1 rings (SSSR count). The highest BCUT2D eigenvalue weighted by Crippen LogP contribution is 2.19. The zero-order valence-corrected chi connectivity index (χ0v) is 8.98. The minimum Gasteiger partial charge on any atom is -0.479 e. The minimum atomic E-state index is -0.874. The predicted octanol–water partition coefficient (Wildman–Crippen LogP) is -0.0209. The Bertz CT molecular complexity index is 208. The molecule has 0 aromatic heterocycles. The van der Waals surface area contributed by atoms with Crippen LogP contribution in [0.5, 0.6) is 0 Å². The van der Waals surface area contributed by atoms with E-state index in [0.29, 0.717) is 19.4 Å². The van der Waals surface area contributed by atoms with Gasteiger partial charge in [0, 0.05) is 6.54 Å². The molecule has 5 heteroatoms. The predicted molar refractivity (Wildman–Crippen MR) is 54.7 cm³/mol. The third-order valence-corrected chi connectivity index (χ3v) is 2.49. The lowest BCUT2D eigenvalue weighted by Gasteiger charge is -2.12. The van der Waals surface area contributed by atoms with Crippen LogP contribution in [0, 0.1) is 0 Å². The molecule has 15 heavy (non-hydrogen) atoms. The first kappa shape index (κ1) is 12.4. The van der Waals surface area contributed by atoms with Gasteiger partial charge in [-0.05, 0) is 32.7 Å². The lowest BCUT2D eigenvalue weighted by atomic mass is 10.2. The second kappa shape index (κ2) is 6.05. The van der Waals surface area contributed by atoms with E-state index in [2.05, 4.69) is 5.32 Å². The highest BCUT2D eigenvalue weighted by atomic mass is 16.5. The van der Waals surface area contributed by atoms with E-state index in [4.69, 9.17) is 14.9 Å². The van der Waals surface area contributed by atoms with Gasteiger partial charge in [-0.25, -0.2) is 4.79 Å². The smallest absolute Gasteiger partial charge is 0.332 e. The molecule has 0 aromatic carbocycles. The molecule has 5 nitrogen and oxygen atoms in total. The van der Waals surface area contributed by atoms with Crippen molar-refractivity contribution in [1.29, 1.82) is 0 Å². The van der Waals surface area contributed by atoms with Gasteiger partial charge in [0.2, 0.25) is 0 Å². The highest BCUT2D eigenvalue weighted by molar-refractivity contribution is 5.72. The number of nitrogens with one attached hydrogen (secondary N) is 1. The molecule has 88 valence electrons. The molecule has 0 amide bonds. The van der Waals surface area contributed by atoms with Gasteiger partial charge in [0.05, 0.1) is 12.2 Å². The van der Waals surface area contributed by atoms with Crippen LogP contribution in [0.1, 0.15) is 26.2 Å². The van der Waals surface area contributed by atoms with Gasteiger partial charge >= 0.3 is 5.97 Å². The molecule has 1 aliphatic heterocycles. The van der Waals surface area contributed by atoms with E-state index in [1.54, 1.807) is 6.92 Å². The number of aliphatic hydroxyl groups is 1. The first-order valence-corrected chi connectivity index (χ1v) is 5.36. The topological polar surface area (TPSA) is 78.8 Å². The van der Waals surface area contributed by atoms with Gasteiger partial charge in [0.25, 0.3) is 0 Å². The summed E-state index contributed by atoms with van der Waals surface area (Å²) >= 11 is 0. The minimum absolute atomic E-state index is 0.0000916. The molecule has 1 aliphatic rings. The van der Waals surface area contributed by atoms with Crippen molar-refractivity contribution in [3.8, 4) is 0 Å². The second-order valence-electron chi connectivity index (χ2n) is 4.00. The molecule has 1 saturated heterocycles. The van der Waals surface area contributed by atoms with Gasteiger partial charge in [0.1, 0.15) is 0 Å². The van der Waals surface area contributed by atoms with Gasteiger partial charge in [0.15, 0.2) is 6.10 Å². The largest absolute Gasteiger partial charge is 0.479 e. The van der Waals surface area contributed by atoms with Gasteiger partial charge in [-0.2, -0.15) is 0 Å². The van der Waals surface area contributed by atoms with E-state index in [1.807, 2.05) is 0 Å². The van der Waals surface area contributed by atoms with E-state index in [-0.39, 0.29) is 12.2 Å². The average molecular weight is 217 g/mol. The Morgan fingerprint density at radius 1 is 1.60 bits per heavy atom. The van der Waals surface area contributed by atoms with Gasteiger partial charge in [-0.3, -0.25) is 0 Å². The first-order valence-electron chi connectivity index (χ1n) is 5.36.